The second-order valence-electron chi connectivity index (χ2n) is 4.37. The fourth-order valence-electron chi connectivity index (χ4n) is 2.06. The topological polar surface area (TPSA) is 51.0 Å². The number of furan rings is 1. The molecule has 5 heteroatoms. The highest BCUT2D eigenvalue weighted by molar-refractivity contribution is 7.18. The van der Waals surface area contributed by atoms with Crippen LogP contribution in [0.1, 0.15) is 17.4 Å². The number of nitrogens with zero attached hydrogens (tertiary/aromatic N) is 2. The fourth-order valence-corrected chi connectivity index (χ4v) is 3.09. The molecule has 0 radical (unpaired) electrons. The van der Waals surface area contributed by atoms with Gasteiger partial charge < -0.3 is 9.73 Å². The van der Waals surface area contributed by atoms with Crippen molar-refractivity contribution in [1.29, 1.82) is 0 Å². The number of aromatic nitrogens is 2. The number of thiophene rings is 1. The first-order valence-corrected chi connectivity index (χ1v) is 7.08. The van der Waals surface area contributed by atoms with E-state index in [9.17, 15) is 0 Å². The Bertz CT molecular complexity index is 716. The predicted molar refractivity (Wildman–Crippen MR) is 78.8 cm³/mol. The lowest BCUT2D eigenvalue weighted by atomic mass is 10.2. The van der Waals surface area contributed by atoms with Crippen LogP contribution >= 0.6 is 11.3 Å². The summed E-state index contributed by atoms with van der Waals surface area (Å²) < 4.78 is 5.39. The maximum Gasteiger partial charge on any atom is 0.199 e. The standard InChI is InChI=1S/C14H15N3OS/c1-4-15-13-11-8(2)9(3)19-14(11)17-12(16-13)10-6-5-7-18-10/h5-7H,4H2,1-3H3,(H,15,16,17). The number of fused-ring (bicyclic) bond motifs is 1. The molecule has 0 saturated carbocycles. The van der Waals surface area contributed by atoms with E-state index in [0.29, 0.717) is 11.6 Å². The predicted octanol–water partition coefficient (Wildman–Crippen LogP) is 4.00. The summed E-state index contributed by atoms with van der Waals surface area (Å²) in [7, 11) is 0. The van der Waals surface area contributed by atoms with E-state index in [0.717, 1.165) is 22.6 Å². The van der Waals surface area contributed by atoms with Gasteiger partial charge in [0.05, 0.1) is 11.6 Å². The Kier molecular flexibility index (Phi) is 2.98. The summed E-state index contributed by atoms with van der Waals surface area (Å²) in [6.07, 6.45) is 1.64. The first-order valence-electron chi connectivity index (χ1n) is 6.26. The summed E-state index contributed by atoms with van der Waals surface area (Å²) in [4.78, 5) is 11.5. The van der Waals surface area contributed by atoms with E-state index in [1.165, 1.54) is 10.4 Å². The maximum absolute atomic E-state index is 5.39. The largest absolute Gasteiger partial charge is 0.461 e. The van der Waals surface area contributed by atoms with Crippen LogP contribution in [-0.4, -0.2) is 16.5 Å². The van der Waals surface area contributed by atoms with E-state index >= 15 is 0 Å². The molecule has 19 heavy (non-hydrogen) atoms. The van der Waals surface area contributed by atoms with Crippen molar-refractivity contribution in [3.63, 3.8) is 0 Å². The molecule has 0 atom stereocenters. The van der Waals surface area contributed by atoms with Crippen LogP contribution in [0.4, 0.5) is 5.82 Å². The Hall–Kier alpha value is -1.88. The third-order valence-corrected chi connectivity index (χ3v) is 4.22. The summed E-state index contributed by atoms with van der Waals surface area (Å²) >= 11 is 1.70. The highest BCUT2D eigenvalue weighted by Gasteiger charge is 2.15. The Morgan fingerprint density at radius 1 is 1.32 bits per heavy atom. The van der Waals surface area contributed by atoms with Crippen LogP contribution in [0.2, 0.25) is 0 Å². The van der Waals surface area contributed by atoms with Crippen molar-refractivity contribution < 1.29 is 4.42 Å². The number of aryl methyl sites for hydroxylation is 2. The summed E-state index contributed by atoms with van der Waals surface area (Å²) in [6.45, 7) is 7.13. The molecule has 1 N–H and O–H groups in total. The lowest BCUT2D eigenvalue weighted by Gasteiger charge is -2.06. The molecular weight excluding hydrogens is 258 g/mol. The van der Waals surface area contributed by atoms with Gasteiger partial charge in [-0.3, -0.25) is 0 Å². The highest BCUT2D eigenvalue weighted by atomic mass is 32.1. The fraction of sp³-hybridized carbons (Fsp3) is 0.286. The van der Waals surface area contributed by atoms with Gasteiger partial charge in [0, 0.05) is 11.4 Å². The van der Waals surface area contributed by atoms with Crippen LogP contribution < -0.4 is 5.32 Å². The molecule has 3 aromatic rings. The Balaban J connectivity index is 2.27. The van der Waals surface area contributed by atoms with E-state index in [1.54, 1.807) is 17.6 Å². The lowest BCUT2D eigenvalue weighted by molar-refractivity contribution is 0.578. The third kappa shape index (κ3) is 2.00. The number of rotatable bonds is 3. The summed E-state index contributed by atoms with van der Waals surface area (Å²) in [5.74, 6) is 2.22. The zero-order valence-corrected chi connectivity index (χ0v) is 12.0. The second-order valence-corrected chi connectivity index (χ2v) is 5.57. The van der Waals surface area contributed by atoms with Crippen LogP contribution in [-0.2, 0) is 0 Å². The molecule has 0 spiro atoms. The second kappa shape index (κ2) is 4.66. The Labute approximate surface area is 115 Å². The van der Waals surface area contributed by atoms with Crippen LogP contribution in [0.5, 0.6) is 0 Å². The number of anilines is 1. The normalized spacial score (nSPS) is 11.1. The molecule has 0 aliphatic heterocycles. The molecule has 0 aliphatic carbocycles. The van der Waals surface area contributed by atoms with E-state index in [1.807, 2.05) is 12.1 Å². The van der Waals surface area contributed by atoms with Crippen LogP contribution in [0.3, 0.4) is 0 Å². The number of nitrogens with one attached hydrogen (secondary N) is 1. The maximum atomic E-state index is 5.39. The highest BCUT2D eigenvalue weighted by Crippen LogP contribution is 2.34. The van der Waals surface area contributed by atoms with Gasteiger partial charge >= 0.3 is 0 Å². The van der Waals surface area contributed by atoms with Crippen molar-refractivity contribution in [1.82, 2.24) is 9.97 Å². The van der Waals surface area contributed by atoms with Gasteiger partial charge in [-0.2, -0.15) is 0 Å². The van der Waals surface area contributed by atoms with E-state index in [4.69, 9.17) is 4.42 Å². The average Bonchev–Trinajstić information content (AvgIpc) is 2.99. The van der Waals surface area contributed by atoms with Gasteiger partial charge in [0.2, 0.25) is 0 Å². The first kappa shape index (κ1) is 12.2. The molecule has 0 bridgehead atoms. The molecule has 98 valence electrons. The first-order chi connectivity index (χ1) is 9.20. The van der Waals surface area contributed by atoms with Gasteiger partial charge in [-0.1, -0.05) is 0 Å². The molecule has 0 unspecified atom stereocenters. The van der Waals surface area contributed by atoms with Gasteiger partial charge in [-0.25, -0.2) is 9.97 Å². The molecule has 0 aliphatic rings. The van der Waals surface area contributed by atoms with Crippen molar-refractivity contribution in [3.05, 3.63) is 28.8 Å². The molecule has 3 heterocycles. The van der Waals surface area contributed by atoms with Gasteiger partial charge in [0.15, 0.2) is 11.6 Å². The van der Waals surface area contributed by atoms with Crippen LogP contribution in [0, 0.1) is 13.8 Å². The Morgan fingerprint density at radius 3 is 2.84 bits per heavy atom. The summed E-state index contributed by atoms with van der Waals surface area (Å²) in [5.41, 5.74) is 1.25. The van der Waals surface area contributed by atoms with Crippen molar-refractivity contribution in [3.8, 4) is 11.6 Å². The van der Waals surface area contributed by atoms with E-state index in [2.05, 4.69) is 36.1 Å². The van der Waals surface area contributed by atoms with E-state index in [-0.39, 0.29) is 0 Å². The molecular formula is C14H15N3OS. The van der Waals surface area contributed by atoms with Gasteiger partial charge in [-0.05, 0) is 38.5 Å². The summed E-state index contributed by atoms with van der Waals surface area (Å²) in [5, 5.41) is 4.45. The average molecular weight is 273 g/mol. The molecule has 0 saturated heterocycles. The number of hydrogen-bond acceptors (Lipinski definition) is 5. The lowest BCUT2D eigenvalue weighted by Crippen LogP contribution is -2.02. The van der Waals surface area contributed by atoms with Gasteiger partial charge in [-0.15, -0.1) is 11.3 Å². The minimum Gasteiger partial charge on any atom is -0.461 e. The minimum atomic E-state index is 0.634. The van der Waals surface area contributed by atoms with E-state index < -0.39 is 0 Å². The van der Waals surface area contributed by atoms with Crippen molar-refractivity contribution in [2.24, 2.45) is 0 Å². The molecule has 4 nitrogen and oxygen atoms in total. The Morgan fingerprint density at radius 2 is 2.16 bits per heavy atom. The molecule has 0 aromatic carbocycles. The molecule has 0 amide bonds. The van der Waals surface area contributed by atoms with Crippen molar-refractivity contribution in [2.75, 3.05) is 11.9 Å². The van der Waals surface area contributed by atoms with Crippen molar-refractivity contribution >= 4 is 27.4 Å². The molecule has 3 rings (SSSR count). The minimum absolute atomic E-state index is 0.634. The smallest absolute Gasteiger partial charge is 0.199 e. The zero-order valence-electron chi connectivity index (χ0n) is 11.2. The zero-order chi connectivity index (χ0) is 13.4. The van der Waals surface area contributed by atoms with Gasteiger partial charge in [0.25, 0.3) is 0 Å². The molecule has 0 fully saturated rings. The monoisotopic (exact) mass is 273 g/mol. The third-order valence-electron chi connectivity index (χ3n) is 3.11. The van der Waals surface area contributed by atoms with Gasteiger partial charge in [0.1, 0.15) is 10.6 Å². The summed E-state index contributed by atoms with van der Waals surface area (Å²) in [6, 6.07) is 3.73. The number of hydrogen-bond donors (Lipinski definition) is 1. The quantitative estimate of drug-likeness (QED) is 0.783. The SMILES string of the molecule is CCNc1nc(-c2ccco2)nc2sc(C)c(C)c12. The van der Waals surface area contributed by atoms with Crippen LogP contribution in [0.15, 0.2) is 22.8 Å². The molecule has 3 aromatic heterocycles. The van der Waals surface area contributed by atoms with Crippen molar-refractivity contribution in [2.45, 2.75) is 20.8 Å². The van der Waals surface area contributed by atoms with Crippen LogP contribution in [0.25, 0.3) is 21.8 Å².